The van der Waals surface area contributed by atoms with E-state index in [1.165, 1.54) is 38.9 Å². The van der Waals surface area contributed by atoms with Crippen LogP contribution in [0.5, 0.6) is 0 Å². The zero-order valence-electron chi connectivity index (χ0n) is 14.6. The van der Waals surface area contributed by atoms with E-state index < -0.39 is 0 Å². The Labute approximate surface area is 143 Å². The number of hydrogen-bond acceptors (Lipinski definition) is 0. The van der Waals surface area contributed by atoms with Crippen molar-refractivity contribution < 1.29 is 0 Å². The van der Waals surface area contributed by atoms with Gasteiger partial charge in [-0.15, -0.1) is 0 Å². The first-order valence-corrected chi connectivity index (χ1v) is 8.31. The van der Waals surface area contributed by atoms with Gasteiger partial charge in [0.05, 0.1) is 0 Å². The van der Waals surface area contributed by atoms with Crippen LogP contribution in [0.25, 0.3) is 17.2 Å². The summed E-state index contributed by atoms with van der Waals surface area (Å²) >= 11 is 2.35. The topological polar surface area (TPSA) is 0 Å². The Kier molecular flexibility index (Phi) is 4.11. The molecule has 0 aromatic heterocycles. The van der Waals surface area contributed by atoms with Crippen LogP contribution in [0.4, 0.5) is 0 Å². The molecular weight excluding hydrogens is 259 g/mol. The van der Waals surface area contributed by atoms with Crippen molar-refractivity contribution in [3.05, 3.63) is 63.7 Å². The van der Waals surface area contributed by atoms with Crippen molar-refractivity contribution in [1.29, 1.82) is 0 Å². The summed E-state index contributed by atoms with van der Waals surface area (Å²) < 4.78 is 0.541. The van der Waals surface area contributed by atoms with Gasteiger partial charge in [0, 0.05) is 0 Å². The summed E-state index contributed by atoms with van der Waals surface area (Å²) in [5, 5.41) is 0. The van der Waals surface area contributed by atoms with Crippen molar-refractivity contribution in [3.8, 4) is 11.1 Å². The van der Waals surface area contributed by atoms with E-state index in [-0.39, 0.29) is 0 Å². The summed E-state index contributed by atoms with van der Waals surface area (Å²) in [4.78, 5) is 0. The van der Waals surface area contributed by atoms with Gasteiger partial charge in [-0.3, -0.25) is 0 Å². The SMILES string of the molecule is [Li][CH]1C(C(C)C)=Cc2c(-c3cc(C)cc(C)c3)cc(C)cc21. The molecule has 0 aliphatic heterocycles. The molecule has 1 unspecified atom stereocenters. The minimum atomic E-state index is 0.541. The Hall–Kier alpha value is -1.22. The van der Waals surface area contributed by atoms with Crippen molar-refractivity contribution in [2.45, 2.75) is 39.2 Å². The molecule has 0 fully saturated rings. The molecule has 1 aliphatic rings. The monoisotopic (exact) mass is 282 g/mol. The van der Waals surface area contributed by atoms with E-state index in [4.69, 9.17) is 0 Å². The molecule has 0 nitrogen and oxygen atoms in total. The quantitative estimate of drug-likeness (QED) is 0.634. The molecule has 0 saturated heterocycles. The first-order valence-electron chi connectivity index (χ1n) is 8.31. The second-order valence-corrected chi connectivity index (χ2v) is 7.21. The van der Waals surface area contributed by atoms with Gasteiger partial charge in [0.25, 0.3) is 0 Å². The van der Waals surface area contributed by atoms with Crippen molar-refractivity contribution >= 4 is 23.8 Å². The maximum atomic E-state index is 2.44. The fourth-order valence-electron chi connectivity index (χ4n) is 3.85. The van der Waals surface area contributed by atoms with Crippen LogP contribution in [0.1, 0.15) is 46.3 Å². The zero-order chi connectivity index (χ0) is 16.0. The van der Waals surface area contributed by atoms with Gasteiger partial charge in [-0.05, 0) is 0 Å². The van der Waals surface area contributed by atoms with E-state index >= 15 is 0 Å². The second-order valence-electron chi connectivity index (χ2n) is 7.21. The van der Waals surface area contributed by atoms with Gasteiger partial charge in [-0.1, -0.05) is 0 Å². The van der Waals surface area contributed by atoms with E-state index in [9.17, 15) is 0 Å². The van der Waals surface area contributed by atoms with Crippen LogP contribution in [0.3, 0.4) is 0 Å². The second kappa shape index (κ2) is 5.77. The Morgan fingerprint density at radius 2 is 1.45 bits per heavy atom. The molecular formula is C21H23Li. The average molecular weight is 282 g/mol. The predicted octanol–water partition coefficient (Wildman–Crippen LogP) is 5.54. The number of rotatable bonds is 2. The first-order chi connectivity index (χ1) is 10.4. The van der Waals surface area contributed by atoms with Crippen molar-refractivity contribution in [2.24, 2.45) is 5.92 Å². The number of fused-ring (bicyclic) bond motifs is 1. The summed E-state index contributed by atoms with van der Waals surface area (Å²) in [5.74, 6) is 0.606. The molecule has 0 saturated carbocycles. The van der Waals surface area contributed by atoms with Crippen LogP contribution < -0.4 is 0 Å². The molecule has 3 rings (SSSR count). The van der Waals surface area contributed by atoms with Crippen molar-refractivity contribution in [3.63, 3.8) is 0 Å². The number of hydrogen-bond donors (Lipinski definition) is 0. The van der Waals surface area contributed by atoms with Gasteiger partial charge in [0.15, 0.2) is 0 Å². The van der Waals surface area contributed by atoms with Gasteiger partial charge < -0.3 is 0 Å². The summed E-state index contributed by atoms with van der Waals surface area (Å²) in [6, 6.07) is 11.6. The van der Waals surface area contributed by atoms with Crippen LogP contribution in [0.15, 0.2) is 35.9 Å². The molecule has 1 heteroatoms. The Balaban J connectivity index is 2.24. The third-order valence-corrected chi connectivity index (χ3v) is 4.83. The van der Waals surface area contributed by atoms with Crippen LogP contribution in [0.2, 0.25) is 0 Å². The third-order valence-electron chi connectivity index (χ3n) is 4.83. The molecule has 0 bridgehead atoms. The number of allylic oxidation sites excluding steroid dienone is 1. The molecule has 1 aliphatic carbocycles. The number of aryl methyl sites for hydroxylation is 3. The summed E-state index contributed by atoms with van der Waals surface area (Å²) in [5.41, 5.74) is 11.3. The fraction of sp³-hybridized carbons (Fsp3) is 0.333. The Morgan fingerprint density at radius 3 is 2.05 bits per heavy atom. The molecule has 0 N–H and O–H groups in total. The van der Waals surface area contributed by atoms with Gasteiger partial charge in [-0.25, -0.2) is 0 Å². The number of benzene rings is 2. The predicted molar refractivity (Wildman–Crippen MR) is 97.4 cm³/mol. The zero-order valence-corrected chi connectivity index (χ0v) is 14.6. The van der Waals surface area contributed by atoms with Crippen LogP contribution in [0, 0.1) is 26.7 Å². The molecule has 2 aromatic rings. The normalized spacial score (nSPS) is 16.9. The van der Waals surface area contributed by atoms with E-state index in [2.05, 4.69) is 88.7 Å². The van der Waals surface area contributed by atoms with Crippen LogP contribution in [-0.4, -0.2) is 17.7 Å². The van der Waals surface area contributed by atoms with Crippen LogP contribution >= 0.6 is 0 Å². The van der Waals surface area contributed by atoms with E-state index in [1.807, 2.05) is 0 Å². The van der Waals surface area contributed by atoms with Gasteiger partial charge in [0.2, 0.25) is 0 Å². The van der Waals surface area contributed by atoms with Gasteiger partial charge in [-0.2, -0.15) is 0 Å². The standard InChI is InChI=1S/C21H23.Li/c1-13(2)17-11-19-9-16(5)10-20(21(19)12-17)18-7-14(3)6-15(4)8-18;/h6-13H,1-5H3;. The molecule has 1 atom stereocenters. The van der Waals surface area contributed by atoms with Gasteiger partial charge in [0.1, 0.15) is 0 Å². The Bertz CT molecular complexity index is 745. The Morgan fingerprint density at radius 1 is 0.864 bits per heavy atom. The van der Waals surface area contributed by atoms with E-state index in [0.29, 0.717) is 10.5 Å². The fourth-order valence-corrected chi connectivity index (χ4v) is 3.85. The molecule has 108 valence electrons. The summed E-state index contributed by atoms with van der Waals surface area (Å²) in [7, 11) is 0. The molecule has 0 spiro atoms. The van der Waals surface area contributed by atoms with Gasteiger partial charge >= 0.3 is 144 Å². The molecule has 22 heavy (non-hydrogen) atoms. The molecule has 0 heterocycles. The molecule has 0 radical (unpaired) electrons. The average Bonchev–Trinajstić information content (AvgIpc) is 2.74. The third kappa shape index (κ3) is 2.71. The minimum absolute atomic E-state index is 0.541. The molecule has 2 aromatic carbocycles. The summed E-state index contributed by atoms with van der Waals surface area (Å²) in [6.07, 6.45) is 2.44. The molecule has 0 amide bonds. The maximum absolute atomic E-state index is 2.44. The van der Waals surface area contributed by atoms with Crippen molar-refractivity contribution in [2.75, 3.05) is 0 Å². The first kappa shape index (κ1) is 15.7. The van der Waals surface area contributed by atoms with E-state index in [0.717, 1.165) is 0 Å². The van der Waals surface area contributed by atoms with E-state index in [1.54, 1.807) is 5.57 Å². The van der Waals surface area contributed by atoms with Crippen molar-refractivity contribution in [1.82, 2.24) is 0 Å². The van der Waals surface area contributed by atoms with Crippen LogP contribution in [-0.2, 0) is 0 Å². The summed E-state index contributed by atoms with van der Waals surface area (Å²) in [6.45, 7) is 11.2.